The first-order valence-electron chi connectivity index (χ1n) is 13.5. The first-order valence-corrected chi connectivity index (χ1v) is 14.4. The molecule has 2 heterocycles. The Labute approximate surface area is 247 Å². The van der Waals surface area contributed by atoms with E-state index < -0.39 is 35.5 Å². The summed E-state index contributed by atoms with van der Waals surface area (Å²) in [5.41, 5.74) is -0.279. The Bertz CT molecular complexity index is 1580. The largest absolute Gasteiger partial charge is 0.412 e. The summed E-state index contributed by atoms with van der Waals surface area (Å²) in [5.74, 6) is -2.26. The summed E-state index contributed by atoms with van der Waals surface area (Å²) < 4.78 is 38.1. The SMILES string of the molecule is CCN(C(=O)OC(C)[n+]1cnn(C[C@](O)(c2cc(F)ccc2F)[C@@H](C)c2nc(-c3ccc(C#N)cc3)cs2)c1)C(C)C. The quantitative estimate of drug-likeness (QED) is 0.242. The van der Waals surface area contributed by atoms with Crippen molar-refractivity contribution in [3.05, 3.63) is 88.3 Å². The molecule has 0 bridgehead atoms. The van der Waals surface area contributed by atoms with Gasteiger partial charge in [0.2, 0.25) is 12.6 Å². The van der Waals surface area contributed by atoms with Crippen LogP contribution in [0.3, 0.4) is 0 Å². The maximum atomic E-state index is 15.2. The van der Waals surface area contributed by atoms with Gasteiger partial charge in [0.15, 0.2) is 0 Å². The van der Waals surface area contributed by atoms with Gasteiger partial charge in [0.1, 0.15) is 23.8 Å². The summed E-state index contributed by atoms with van der Waals surface area (Å²) in [7, 11) is 0. The molecule has 42 heavy (non-hydrogen) atoms. The van der Waals surface area contributed by atoms with Gasteiger partial charge in [-0.1, -0.05) is 19.1 Å². The monoisotopic (exact) mass is 595 g/mol. The highest BCUT2D eigenvalue weighted by atomic mass is 32.1. The Balaban J connectivity index is 1.64. The molecule has 0 aliphatic carbocycles. The van der Waals surface area contributed by atoms with E-state index in [2.05, 4.69) is 16.2 Å². The van der Waals surface area contributed by atoms with Gasteiger partial charge in [0, 0.05) is 47.0 Å². The molecule has 4 aromatic rings. The van der Waals surface area contributed by atoms with Crippen LogP contribution in [-0.2, 0) is 16.9 Å². The Kier molecular flexibility index (Phi) is 9.33. The highest BCUT2D eigenvalue weighted by Gasteiger charge is 2.43. The van der Waals surface area contributed by atoms with E-state index in [0.717, 1.165) is 23.8 Å². The first-order chi connectivity index (χ1) is 20.0. The van der Waals surface area contributed by atoms with Gasteiger partial charge in [-0.2, -0.15) is 9.83 Å². The Morgan fingerprint density at radius 2 is 1.93 bits per heavy atom. The molecule has 220 valence electrons. The number of thiazole rings is 1. The van der Waals surface area contributed by atoms with E-state index in [1.807, 2.05) is 26.2 Å². The van der Waals surface area contributed by atoms with Gasteiger partial charge in [0.25, 0.3) is 6.33 Å². The fourth-order valence-corrected chi connectivity index (χ4v) is 5.63. The zero-order chi connectivity index (χ0) is 30.6. The molecule has 1 unspecified atom stereocenters. The molecule has 4 rings (SSSR count). The third kappa shape index (κ3) is 6.48. The first kappa shape index (κ1) is 30.7. The molecule has 1 amide bonds. The van der Waals surface area contributed by atoms with E-state index in [-0.39, 0.29) is 18.2 Å². The molecule has 0 saturated carbocycles. The molecular formula is C30H33F2N6O3S+. The lowest BCUT2D eigenvalue weighted by Gasteiger charge is -2.32. The fourth-order valence-electron chi connectivity index (χ4n) is 4.66. The number of halogens is 2. The third-order valence-electron chi connectivity index (χ3n) is 7.21. The number of hydrogen-bond donors (Lipinski definition) is 1. The van der Waals surface area contributed by atoms with Crippen molar-refractivity contribution in [1.29, 1.82) is 5.26 Å². The summed E-state index contributed by atoms with van der Waals surface area (Å²) in [6.07, 6.45) is 1.77. The van der Waals surface area contributed by atoms with Crippen LogP contribution < -0.4 is 4.57 Å². The van der Waals surface area contributed by atoms with Crippen LogP contribution in [0.5, 0.6) is 0 Å². The van der Waals surface area contributed by atoms with E-state index in [0.29, 0.717) is 22.8 Å². The van der Waals surface area contributed by atoms with Crippen LogP contribution in [0.25, 0.3) is 11.3 Å². The van der Waals surface area contributed by atoms with Crippen LogP contribution in [0.15, 0.2) is 60.5 Å². The maximum Gasteiger partial charge on any atom is 0.412 e. The molecular weight excluding hydrogens is 562 g/mol. The number of nitrogens with zero attached hydrogens (tertiary/aromatic N) is 6. The topological polar surface area (TPSA) is 108 Å². The van der Waals surface area contributed by atoms with E-state index in [4.69, 9.17) is 10.00 Å². The molecule has 2 aromatic carbocycles. The number of carbonyl (C=O) groups is 1. The standard InChI is InChI=1S/C30H33F2N6O3S/c1-6-38(19(2)3)29(39)41-21(5)36-17-34-37(18-36)16-30(40,25-13-24(31)11-12-26(25)32)20(4)28-35-27(15-42-28)23-9-7-22(14-33)8-10-23/h7-13,15,17-21,40H,6,16H2,1-5H3/q+1/t20-,21?,30+/m0/s1. The van der Waals surface area contributed by atoms with Crippen LogP contribution in [0, 0.1) is 23.0 Å². The van der Waals surface area contributed by atoms with E-state index >= 15 is 4.39 Å². The fraction of sp³-hybridized carbons (Fsp3) is 0.367. The number of rotatable bonds is 10. The lowest BCUT2D eigenvalue weighted by molar-refractivity contribution is -0.753. The number of aromatic nitrogens is 4. The normalized spacial score (nSPS) is 14.2. The maximum absolute atomic E-state index is 15.2. The molecule has 0 spiro atoms. The number of benzene rings is 2. The molecule has 0 saturated heterocycles. The molecule has 1 N–H and O–H groups in total. The predicted octanol–water partition coefficient (Wildman–Crippen LogP) is 5.52. The van der Waals surface area contributed by atoms with Gasteiger partial charge < -0.3 is 14.7 Å². The second kappa shape index (κ2) is 12.8. The van der Waals surface area contributed by atoms with Gasteiger partial charge in [0.05, 0.1) is 22.3 Å². The summed E-state index contributed by atoms with van der Waals surface area (Å²) in [5, 5.41) is 27.8. The second-order valence-electron chi connectivity index (χ2n) is 10.3. The number of aliphatic hydroxyl groups is 1. The smallest absolute Gasteiger partial charge is 0.412 e. The molecule has 0 fully saturated rings. The lowest BCUT2D eigenvalue weighted by Crippen LogP contribution is -2.44. The van der Waals surface area contributed by atoms with Crippen molar-refractivity contribution in [2.75, 3.05) is 6.54 Å². The number of hydrogen-bond acceptors (Lipinski definition) is 7. The van der Waals surface area contributed by atoms with Crippen LogP contribution >= 0.6 is 11.3 Å². The van der Waals surface area contributed by atoms with Crippen molar-refractivity contribution >= 4 is 17.4 Å². The van der Waals surface area contributed by atoms with Crippen LogP contribution in [0.4, 0.5) is 13.6 Å². The number of amides is 1. The molecule has 0 radical (unpaired) electrons. The van der Waals surface area contributed by atoms with Gasteiger partial charge in [-0.3, -0.25) is 0 Å². The van der Waals surface area contributed by atoms with Crippen LogP contribution in [0.1, 0.15) is 62.9 Å². The zero-order valence-corrected chi connectivity index (χ0v) is 24.8. The average Bonchev–Trinajstić information content (AvgIpc) is 3.64. The van der Waals surface area contributed by atoms with Crippen molar-refractivity contribution in [2.45, 2.75) is 65.0 Å². The van der Waals surface area contributed by atoms with Crippen molar-refractivity contribution in [1.82, 2.24) is 19.7 Å². The molecule has 2 aromatic heterocycles. The summed E-state index contributed by atoms with van der Waals surface area (Å²) in [6.45, 7) is 9.26. The van der Waals surface area contributed by atoms with Crippen molar-refractivity contribution < 1.29 is 28.0 Å². The highest BCUT2D eigenvalue weighted by Crippen LogP contribution is 2.41. The minimum atomic E-state index is -1.97. The summed E-state index contributed by atoms with van der Waals surface area (Å²) in [4.78, 5) is 18.9. The Morgan fingerprint density at radius 3 is 2.57 bits per heavy atom. The minimum absolute atomic E-state index is 0.0385. The van der Waals surface area contributed by atoms with E-state index in [9.17, 15) is 14.3 Å². The summed E-state index contributed by atoms with van der Waals surface area (Å²) >= 11 is 1.28. The van der Waals surface area contributed by atoms with Crippen LogP contribution in [-0.4, -0.2) is 43.5 Å². The van der Waals surface area contributed by atoms with E-state index in [1.165, 1.54) is 28.7 Å². The highest BCUT2D eigenvalue weighted by molar-refractivity contribution is 7.10. The average molecular weight is 596 g/mol. The number of nitriles is 1. The number of carbonyl (C=O) groups excluding carboxylic acids is 1. The zero-order valence-electron chi connectivity index (χ0n) is 24.0. The Hall–Kier alpha value is -4.21. The molecule has 12 heteroatoms. The van der Waals surface area contributed by atoms with Gasteiger partial charge in [-0.15, -0.1) is 16.0 Å². The van der Waals surface area contributed by atoms with Crippen molar-refractivity contribution in [2.24, 2.45) is 0 Å². The second-order valence-corrected chi connectivity index (χ2v) is 11.2. The van der Waals surface area contributed by atoms with Gasteiger partial charge >= 0.3 is 6.09 Å². The van der Waals surface area contributed by atoms with Gasteiger partial charge in [-0.25, -0.2) is 18.6 Å². The molecule has 3 atom stereocenters. The minimum Gasteiger partial charge on any atom is -0.412 e. The Morgan fingerprint density at radius 1 is 1.21 bits per heavy atom. The predicted molar refractivity (Wildman–Crippen MR) is 152 cm³/mol. The van der Waals surface area contributed by atoms with Crippen LogP contribution in [0.2, 0.25) is 0 Å². The lowest BCUT2D eigenvalue weighted by atomic mass is 9.82. The molecule has 0 aliphatic rings. The molecule has 0 aliphatic heterocycles. The third-order valence-corrected chi connectivity index (χ3v) is 8.23. The van der Waals surface area contributed by atoms with E-state index in [1.54, 1.807) is 47.6 Å². The number of ether oxygens (including phenoxy) is 1. The molecule has 9 nitrogen and oxygen atoms in total. The van der Waals surface area contributed by atoms with Crippen molar-refractivity contribution in [3.63, 3.8) is 0 Å². The van der Waals surface area contributed by atoms with Gasteiger partial charge in [-0.05, 0) is 51.1 Å². The van der Waals surface area contributed by atoms with Crippen molar-refractivity contribution in [3.8, 4) is 17.3 Å². The summed E-state index contributed by atoms with van der Waals surface area (Å²) in [6, 6.07) is 11.9.